The van der Waals surface area contributed by atoms with E-state index in [-0.39, 0.29) is 12.2 Å². The number of ketones is 1. The van der Waals surface area contributed by atoms with Crippen molar-refractivity contribution in [2.75, 3.05) is 0 Å². The van der Waals surface area contributed by atoms with Crippen LogP contribution in [0.15, 0.2) is 41.5 Å². The summed E-state index contributed by atoms with van der Waals surface area (Å²) in [6, 6.07) is 9.04. The summed E-state index contributed by atoms with van der Waals surface area (Å²) in [7, 11) is 0. The first-order valence-electron chi connectivity index (χ1n) is 6.21. The van der Waals surface area contributed by atoms with E-state index in [4.69, 9.17) is 5.11 Å². The van der Waals surface area contributed by atoms with E-state index in [9.17, 15) is 9.59 Å². The molecule has 0 aliphatic heterocycles. The molecule has 0 spiro atoms. The molecule has 1 aromatic carbocycles. The van der Waals surface area contributed by atoms with Gasteiger partial charge in [-0.1, -0.05) is 35.9 Å². The molecule has 1 aliphatic carbocycles. The highest BCUT2D eigenvalue weighted by Gasteiger charge is 2.20. The van der Waals surface area contributed by atoms with Crippen molar-refractivity contribution in [2.45, 2.75) is 32.1 Å². The average Bonchev–Trinajstić information content (AvgIpc) is 2.40. The van der Waals surface area contributed by atoms with Gasteiger partial charge >= 0.3 is 5.97 Å². The minimum atomic E-state index is -0.870. The molecule has 0 heterocycles. The van der Waals surface area contributed by atoms with E-state index in [0.29, 0.717) is 17.6 Å². The van der Waals surface area contributed by atoms with E-state index in [0.717, 1.165) is 24.8 Å². The fourth-order valence-corrected chi connectivity index (χ4v) is 2.34. The SMILES string of the molecule is O=C(O)C1=C(CC(=O)c2ccccc2)CCCC1. The molecule has 0 bridgehead atoms. The van der Waals surface area contributed by atoms with E-state index in [1.54, 1.807) is 12.1 Å². The Morgan fingerprint density at radius 1 is 1.06 bits per heavy atom. The Kier molecular flexibility index (Phi) is 3.92. The minimum Gasteiger partial charge on any atom is -0.478 e. The van der Waals surface area contributed by atoms with Gasteiger partial charge in [0.2, 0.25) is 0 Å². The van der Waals surface area contributed by atoms with Crippen LogP contribution in [0.4, 0.5) is 0 Å². The standard InChI is InChI=1S/C15H16O3/c16-14(11-6-2-1-3-7-11)10-12-8-4-5-9-13(12)15(17)18/h1-3,6-7H,4-5,8-10H2,(H,17,18). The second-order valence-corrected chi connectivity index (χ2v) is 4.56. The first-order chi connectivity index (χ1) is 8.68. The molecular formula is C15H16O3. The number of allylic oxidation sites excluding steroid dienone is 1. The van der Waals surface area contributed by atoms with Crippen molar-refractivity contribution >= 4 is 11.8 Å². The number of rotatable bonds is 4. The van der Waals surface area contributed by atoms with Crippen molar-refractivity contribution in [1.82, 2.24) is 0 Å². The molecule has 0 atom stereocenters. The molecule has 0 aromatic heterocycles. The molecule has 3 heteroatoms. The lowest BCUT2D eigenvalue weighted by Gasteiger charge is -2.17. The summed E-state index contributed by atoms with van der Waals surface area (Å²) in [5.74, 6) is -0.864. The topological polar surface area (TPSA) is 54.4 Å². The highest BCUT2D eigenvalue weighted by atomic mass is 16.4. The highest BCUT2D eigenvalue weighted by molar-refractivity contribution is 5.99. The molecule has 0 radical (unpaired) electrons. The van der Waals surface area contributed by atoms with Crippen LogP contribution in [0.2, 0.25) is 0 Å². The Balaban J connectivity index is 2.17. The van der Waals surface area contributed by atoms with Gasteiger partial charge in [-0.15, -0.1) is 0 Å². The number of carboxylic acid groups (broad SMARTS) is 1. The second kappa shape index (κ2) is 5.63. The lowest BCUT2D eigenvalue weighted by atomic mass is 9.88. The summed E-state index contributed by atoms with van der Waals surface area (Å²) in [4.78, 5) is 23.2. The molecule has 0 fully saturated rings. The quantitative estimate of drug-likeness (QED) is 0.827. The Morgan fingerprint density at radius 2 is 1.72 bits per heavy atom. The molecule has 1 aliphatic rings. The predicted molar refractivity (Wildman–Crippen MR) is 68.5 cm³/mol. The van der Waals surface area contributed by atoms with Gasteiger partial charge < -0.3 is 5.11 Å². The van der Waals surface area contributed by atoms with Crippen molar-refractivity contribution in [3.8, 4) is 0 Å². The molecule has 1 N–H and O–H groups in total. The Labute approximate surface area is 106 Å². The fourth-order valence-electron chi connectivity index (χ4n) is 2.34. The van der Waals surface area contributed by atoms with Gasteiger partial charge in [0.05, 0.1) is 0 Å². The number of aliphatic carboxylic acids is 1. The number of carboxylic acids is 1. The molecule has 3 nitrogen and oxygen atoms in total. The van der Waals surface area contributed by atoms with E-state index in [2.05, 4.69) is 0 Å². The third-order valence-corrected chi connectivity index (χ3v) is 3.31. The third-order valence-electron chi connectivity index (χ3n) is 3.31. The average molecular weight is 244 g/mol. The first kappa shape index (κ1) is 12.6. The Hall–Kier alpha value is -1.90. The number of carbonyl (C=O) groups excluding carboxylic acids is 1. The predicted octanol–water partition coefficient (Wildman–Crippen LogP) is 3.21. The fraction of sp³-hybridized carbons (Fsp3) is 0.333. The van der Waals surface area contributed by atoms with Gasteiger partial charge in [-0.3, -0.25) is 4.79 Å². The van der Waals surface area contributed by atoms with Crippen molar-refractivity contribution in [2.24, 2.45) is 0 Å². The van der Waals surface area contributed by atoms with Gasteiger partial charge in [0, 0.05) is 17.6 Å². The third kappa shape index (κ3) is 2.86. The van der Waals surface area contributed by atoms with Gasteiger partial charge in [-0.2, -0.15) is 0 Å². The van der Waals surface area contributed by atoms with E-state index in [1.807, 2.05) is 18.2 Å². The van der Waals surface area contributed by atoms with Gasteiger partial charge in [-0.25, -0.2) is 4.79 Å². The molecule has 1 aromatic rings. The summed E-state index contributed by atoms with van der Waals surface area (Å²) >= 11 is 0. The van der Waals surface area contributed by atoms with Crippen molar-refractivity contribution in [3.63, 3.8) is 0 Å². The second-order valence-electron chi connectivity index (χ2n) is 4.56. The molecule has 18 heavy (non-hydrogen) atoms. The minimum absolute atomic E-state index is 0.00579. The Morgan fingerprint density at radius 3 is 2.39 bits per heavy atom. The highest BCUT2D eigenvalue weighted by Crippen LogP contribution is 2.28. The number of carbonyl (C=O) groups is 2. The molecule has 0 amide bonds. The van der Waals surface area contributed by atoms with Gasteiger partial charge in [0.1, 0.15) is 0 Å². The zero-order valence-corrected chi connectivity index (χ0v) is 10.2. The van der Waals surface area contributed by atoms with Crippen LogP contribution in [0, 0.1) is 0 Å². The normalized spacial score (nSPS) is 15.6. The van der Waals surface area contributed by atoms with Gasteiger partial charge in [0.25, 0.3) is 0 Å². The lowest BCUT2D eigenvalue weighted by Crippen LogP contribution is -2.12. The van der Waals surface area contributed by atoms with Gasteiger partial charge in [0.15, 0.2) is 5.78 Å². The van der Waals surface area contributed by atoms with Crippen molar-refractivity contribution in [1.29, 1.82) is 0 Å². The van der Waals surface area contributed by atoms with Crippen LogP contribution in [0.25, 0.3) is 0 Å². The first-order valence-corrected chi connectivity index (χ1v) is 6.21. The monoisotopic (exact) mass is 244 g/mol. The lowest BCUT2D eigenvalue weighted by molar-refractivity contribution is -0.133. The smallest absolute Gasteiger partial charge is 0.331 e. The van der Waals surface area contributed by atoms with Crippen LogP contribution in [-0.4, -0.2) is 16.9 Å². The maximum atomic E-state index is 12.1. The summed E-state index contributed by atoms with van der Waals surface area (Å²) in [6.07, 6.45) is 3.46. The number of Topliss-reactive ketones (excluding diaryl/α,β-unsaturated/α-hetero) is 1. The number of hydrogen-bond donors (Lipinski definition) is 1. The molecular weight excluding hydrogens is 228 g/mol. The van der Waals surface area contributed by atoms with Gasteiger partial charge in [-0.05, 0) is 25.7 Å². The maximum absolute atomic E-state index is 12.1. The van der Waals surface area contributed by atoms with Crippen LogP contribution in [-0.2, 0) is 4.79 Å². The van der Waals surface area contributed by atoms with Crippen LogP contribution in [0.1, 0.15) is 42.5 Å². The molecule has 2 rings (SSSR count). The van der Waals surface area contributed by atoms with Crippen molar-refractivity contribution in [3.05, 3.63) is 47.0 Å². The largest absolute Gasteiger partial charge is 0.478 e. The molecule has 0 unspecified atom stereocenters. The van der Waals surface area contributed by atoms with Crippen LogP contribution >= 0.6 is 0 Å². The van der Waals surface area contributed by atoms with Crippen LogP contribution in [0.5, 0.6) is 0 Å². The summed E-state index contributed by atoms with van der Waals surface area (Å²) in [6.45, 7) is 0. The molecule has 0 saturated carbocycles. The van der Waals surface area contributed by atoms with E-state index in [1.165, 1.54) is 0 Å². The number of hydrogen-bond acceptors (Lipinski definition) is 2. The van der Waals surface area contributed by atoms with Crippen molar-refractivity contribution < 1.29 is 14.7 Å². The number of benzene rings is 1. The Bertz CT molecular complexity index is 486. The summed E-state index contributed by atoms with van der Waals surface area (Å²) < 4.78 is 0. The van der Waals surface area contributed by atoms with E-state index < -0.39 is 5.97 Å². The van der Waals surface area contributed by atoms with Crippen LogP contribution in [0.3, 0.4) is 0 Å². The zero-order valence-electron chi connectivity index (χ0n) is 10.2. The summed E-state index contributed by atoms with van der Waals surface area (Å²) in [5.41, 5.74) is 1.91. The summed E-state index contributed by atoms with van der Waals surface area (Å²) in [5, 5.41) is 9.12. The molecule has 94 valence electrons. The zero-order chi connectivity index (χ0) is 13.0. The van der Waals surface area contributed by atoms with Crippen LogP contribution < -0.4 is 0 Å². The van der Waals surface area contributed by atoms with E-state index >= 15 is 0 Å². The maximum Gasteiger partial charge on any atom is 0.331 e. The molecule has 0 saturated heterocycles.